The molecule has 0 aromatic heterocycles. The molecule has 4 heteroatoms. The molecule has 0 saturated carbocycles. The fourth-order valence-corrected chi connectivity index (χ4v) is 1.89. The van der Waals surface area contributed by atoms with Crippen LogP contribution < -0.4 is 5.73 Å². The van der Waals surface area contributed by atoms with Crippen LogP contribution in [0.5, 0.6) is 0 Å². The first-order chi connectivity index (χ1) is 7.61. The van der Waals surface area contributed by atoms with Gasteiger partial charge in [-0.2, -0.15) is 0 Å². The number of carbonyl (C=O) groups is 1. The van der Waals surface area contributed by atoms with E-state index in [2.05, 4.69) is 20.7 Å². The summed E-state index contributed by atoms with van der Waals surface area (Å²) in [5.74, 6) is -0.338. The third-order valence-electron chi connectivity index (χ3n) is 2.38. The van der Waals surface area contributed by atoms with E-state index in [4.69, 9.17) is 5.73 Å². The highest BCUT2D eigenvalue weighted by molar-refractivity contribution is 9.10. The van der Waals surface area contributed by atoms with E-state index in [1.165, 1.54) is 7.11 Å². The van der Waals surface area contributed by atoms with Crippen molar-refractivity contribution >= 4 is 38.4 Å². The molecule has 0 saturated heterocycles. The number of methoxy groups -OCH3 is 1. The monoisotopic (exact) mass is 279 g/mol. The molecule has 2 rings (SSSR count). The van der Waals surface area contributed by atoms with Gasteiger partial charge in [0, 0.05) is 10.2 Å². The second kappa shape index (κ2) is 4.14. The van der Waals surface area contributed by atoms with Gasteiger partial charge in [0.1, 0.15) is 0 Å². The number of esters is 1. The predicted octanol–water partition coefficient (Wildman–Crippen LogP) is 2.97. The van der Waals surface area contributed by atoms with Crippen molar-refractivity contribution in [1.82, 2.24) is 0 Å². The topological polar surface area (TPSA) is 52.3 Å². The summed E-state index contributed by atoms with van der Waals surface area (Å²) in [5.41, 5.74) is 6.98. The minimum absolute atomic E-state index is 0.338. The van der Waals surface area contributed by atoms with E-state index in [0.717, 1.165) is 15.2 Å². The summed E-state index contributed by atoms with van der Waals surface area (Å²) in [6, 6.07) is 9.11. The first-order valence-corrected chi connectivity index (χ1v) is 5.48. The highest BCUT2D eigenvalue weighted by Gasteiger charge is 2.06. The number of fused-ring (bicyclic) bond motifs is 1. The van der Waals surface area contributed by atoms with Crippen molar-refractivity contribution in [2.45, 2.75) is 0 Å². The van der Waals surface area contributed by atoms with Crippen LogP contribution in [0.4, 0.5) is 5.69 Å². The molecule has 2 aromatic carbocycles. The molecule has 16 heavy (non-hydrogen) atoms. The Hall–Kier alpha value is -1.55. The lowest BCUT2D eigenvalue weighted by Gasteiger charge is -2.04. The molecule has 0 fully saturated rings. The van der Waals surface area contributed by atoms with Gasteiger partial charge in [-0.3, -0.25) is 0 Å². The van der Waals surface area contributed by atoms with E-state index in [-0.39, 0.29) is 5.97 Å². The number of carbonyl (C=O) groups excluding carboxylic acids is 1. The summed E-state index contributed by atoms with van der Waals surface area (Å²) in [5, 5.41) is 1.94. The summed E-state index contributed by atoms with van der Waals surface area (Å²) in [7, 11) is 1.37. The van der Waals surface area contributed by atoms with Crippen molar-refractivity contribution in [3.63, 3.8) is 0 Å². The molecule has 0 unspecified atom stereocenters. The van der Waals surface area contributed by atoms with Crippen molar-refractivity contribution in [3.8, 4) is 0 Å². The van der Waals surface area contributed by atoms with Gasteiger partial charge in [0.05, 0.1) is 12.7 Å². The Labute approximate surface area is 101 Å². The van der Waals surface area contributed by atoms with Crippen molar-refractivity contribution in [2.24, 2.45) is 0 Å². The molecular weight excluding hydrogens is 270 g/mol. The molecule has 0 spiro atoms. The maximum atomic E-state index is 11.4. The molecule has 0 aliphatic heterocycles. The van der Waals surface area contributed by atoms with E-state index >= 15 is 0 Å². The minimum Gasteiger partial charge on any atom is -0.465 e. The van der Waals surface area contributed by atoms with Gasteiger partial charge in [0.15, 0.2) is 0 Å². The maximum Gasteiger partial charge on any atom is 0.337 e. The number of anilines is 1. The van der Waals surface area contributed by atoms with Gasteiger partial charge in [0.25, 0.3) is 0 Å². The highest BCUT2D eigenvalue weighted by Crippen LogP contribution is 2.27. The lowest BCUT2D eigenvalue weighted by atomic mass is 10.1. The fraction of sp³-hybridized carbons (Fsp3) is 0.0833. The van der Waals surface area contributed by atoms with Crippen LogP contribution in [0.25, 0.3) is 10.8 Å². The first-order valence-electron chi connectivity index (χ1n) is 4.69. The van der Waals surface area contributed by atoms with Crippen molar-refractivity contribution < 1.29 is 9.53 Å². The molecule has 0 atom stereocenters. The smallest absolute Gasteiger partial charge is 0.337 e. The van der Waals surface area contributed by atoms with E-state index in [0.29, 0.717) is 11.3 Å². The van der Waals surface area contributed by atoms with Crippen molar-refractivity contribution in [1.29, 1.82) is 0 Å². The lowest BCUT2D eigenvalue weighted by molar-refractivity contribution is 0.0601. The number of ether oxygens (including phenoxy) is 1. The Morgan fingerprint density at radius 3 is 2.69 bits per heavy atom. The number of hydrogen-bond donors (Lipinski definition) is 1. The Morgan fingerprint density at radius 1 is 1.25 bits per heavy atom. The normalized spacial score (nSPS) is 10.4. The molecule has 82 valence electrons. The zero-order chi connectivity index (χ0) is 11.7. The lowest BCUT2D eigenvalue weighted by Crippen LogP contribution is -2.00. The number of nitrogen functional groups attached to an aromatic ring is 1. The van der Waals surface area contributed by atoms with Gasteiger partial charge >= 0.3 is 5.97 Å². The standard InChI is InChI=1S/C12H10BrNO2/c1-16-12(15)8-3-2-7-6-11(14)10(13)5-9(7)4-8/h2-6H,14H2,1H3. The number of rotatable bonds is 1. The molecular formula is C12H10BrNO2. The van der Waals surface area contributed by atoms with Crippen LogP contribution in [0, 0.1) is 0 Å². The molecule has 3 nitrogen and oxygen atoms in total. The summed E-state index contributed by atoms with van der Waals surface area (Å²) in [6.07, 6.45) is 0. The molecule has 2 aromatic rings. The van der Waals surface area contributed by atoms with Gasteiger partial charge in [-0.05, 0) is 51.0 Å². The quantitative estimate of drug-likeness (QED) is 0.645. The number of benzene rings is 2. The molecule has 0 aliphatic carbocycles. The van der Waals surface area contributed by atoms with Gasteiger partial charge < -0.3 is 10.5 Å². The third kappa shape index (κ3) is 1.88. The van der Waals surface area contributed by atoms with Gasteiger partial charge in [0.2, 0.25) is 0 Å². The number of halogens is 1. The molecule has 2 N–H and O–H groups in total. The molecule has 0 radical (unpaired) electrons. The van der Waals surface area contributed by atoms with Gasteiger partial charge in [-0.15, -0.1) is 0 Å². The maximum absolute atomic E-state index is 11.4. The average molecular weight is 280 g/mol. The van der Waals surface area contributed by atoms with Crippen LogP contribution >= 0.6 is 15.9 Å². The van der Waals surface area contributed by atoms with Crippen molar-refractivity contribution in [3.05, 3.63) is 40.4 Å². The molecule has 0 heterocycles. The van der Waals surface area contributed by atoms with Crippen LogP contribution in [0.1, 0.15) is 10.4 Å². The Kier molecular flexibility index (Phi) is 2.83. The summed E-state index contributed by atoms with van der Waals surface area (Å²) in [6.45, 7) is 0. The Balaban J connectivity index is 2.62. The highest BCUT2D eigenvalue weighted by atomic mass is 79.9. The van der Waals surface area contributed by atoms with Crippen LogP contribution in [0.2, 0.25) is 0 Å². The zero-order valence-electron chi connectivity index (χ0n) is 8.66. The largest absolute Gasteiger partial charge is 0.465 e. The number of nitrogens with two attached hydrogens (primary N) is 1. The van der Waals surface area contributed by atoms with Gasteiger partial charge in [-0.1, -0.05) is 6.07 Å². The second-order valence-electron chi connectivity index (χ2n) is 3.43. The predicted molar refractivity (Wildman–Crippen MR) is 67.4 cm³/mol. The Bertz CT molecular complexity index is 566. The SMILES string of the molecule is COC(=O)c1ccc2cc(N)c(Br)cc2c1. The molecule has 0 aliphatic rings. The molecule has 0 amide bonds. The summed E-state index contributed by atoms with van der Waals surface area (Å²) < 4.78 is 5.49. The van der Waals surface area contributed by atoms with E-state index in [9.17, 15) is 4.79 Å². The van der Waals surface area contributed by atoms with Crippen LogP contribution in [-0.4, -0.2) is 13.1 Å². The van der Waals surface area contributed by atoms with Crippen LogP contribution in [0.15, 0.2) is 34.8 Å². The van der Waals surface area contributed by atoms with Crippen LogP contribution in [0.3, 0.4) is 0 Å². The van der Waals surface area contributed by atoms with Crippen molar-refractivity contribution in [2.75, 3.05) is 12.8 Å². The first kappa shape index (κ1) is 11.0. The summed E-state index contributed by atoms with van der Waals surface area (Å²) in [4.78, 5) is 11.4. The zero-order valence-corrected chi connectivity index (χ0v) is 10.2. The third-order valence-corrected chi connectivity index (χ3v) is 3.06. The average Bonchev–Trinajstić information content (AvgIpc) is 2.29. The minimum atomic E-state index is -0.338. The van der Waals surface area contributed by atoms with Gasteiger partial charge in [-0.25, -0.2) is 4.79 Å². The molecule has 0 bridgehead atoms. The second-order valence-corrected chi connectivity index (χ2v) is 4.28. The van der Waals surface area contributed by atoms with Crippen LogP contribution in [-0.2, 0) is 4.74 Å². The van der Waals surface area contributed by atoms with E-state index in [1.54, 1.807) is 12.1 Å². The fourth-order valence-electron chi connectivity index (χ4n) is 1.53. The Morgan fingerprint density at radius 2 is 2.00 bits per heavy atom. The number of hydrogen-bond acceptors (Lipinski definition) is 3. The summed E-state index contributed by atoms with van der Waals surface area (Å²) >= 11 is 3.35. The van der Waals surface area contributed by atoms with E-state index < -0.39 is 0 Å². The van der Waals surface area contributed by atoms with E-state index in [1.807, 2.05) is 18.2 Å².